The van der Waals surface area contributed by atoms with Crippen molar-refractivity contribution in [1.29, 1.82) is 0 Å². The number of benzene rings is 2. The van der Waals surface area contributed by atoms with Crippen molar-refractivity contribution in [1.82, 2.24) is 15.4 Å². The van der Waals surface area contributed by atoms with E-state index in [1.54, 1.807) is 14.2 Å². The summed E-state index contributed by atoms with van der Waals surface area (Å²) < 4.78 is 16.2. The number of hydrogen-bond acceptors (Lipinski definition) is 5. The maximum atomic E-state index is 5.47. The molecule has 3 rings (SSSR count). The van der Waals surface area contributed by atoms with Gasteiger partial charge in [0.1, 0.15) is 5.69 Å². The zero-order valence-corrected chi connectivity index (χ0v) is 21.3. The molecule has 0 bridgehead atoms. The van der Waals surface area contributed by atoms with Crippen molar-refractivity contribution < 1.29 is 14.0 Å². The maximum absolute atomic E-state index is 5.47. The lowest BCUT2D eigenvalue weighted by Gasteiger charge is -2.22. The highest BCUT2D eigenvalue weighted by Crippen LogP contribution is 2.27. The van der Waals surface area contributed by atoms with Crippen LogP contribution in [0.5, 0.6) is 11.5 Å². The highest BCUT2D eigenvalue weighted by atomic mass is 127. The van der Waals surface area contributed by atoms with Crippen LogP contribution < -0.4 is 14.8 Å². The molecule has 0 aliphatic rings. The third-order valence-electron chi connectivity index (χ3n) is 4.89. The fraction of sp³-hybridized carbons (Fsp3) is 0.333. The van der Waals surface area contributed by atoms with Gasteiger partial charge in [0, 0.05) is 31.8 Å². The quantitative estimate of drug-likeness (QED) is 0.238. The van der Waals surface area contributed by atoms with Gasteiger partial charge in [0.05, 0.1) is 20.8 Å². The van der Waals surface area contributed by atoms with Gasteiger partial charge in [-0.25, -0.2) is 4.99 Å². The summed E-state index contributed by atoms with van der Waals surface area (Å²) in [4.78, 5) is 6.84. The number of halogens is 1. The third kappa shape index (κ3) is 6.88. The summed E-state index contributed by atoms with van der Waals surface area (Å²) in [6.07, 6.45) is 0.851. The number of nitrogens with one attached hydrogen (secondary N) is 1. The molecule has 1 N–H and O–H groups in total. The first kappa shape index (κ1) is 25.5. The van der Waals surface area contributed by atoms with Gasteiger partial charge in [-0.05, 0) is 31.0 Å². The number of rotatable bonds is 9. The molecule has 0 unspecified atom stereocenters. The molecule has 0 atom stereocenters. The minimum atomic E-state index is 0. The minimum Gasteiger partial charge on any atom is -0.493 e. The second-order valence-electron chi connectivity index (χ2n) is 7.08. The lowest BCUT2D eigenvalue weighted by molar-refractivity contribution is 0.354. The van der Waals surface area contributed by atoms with Crippen LogP contribution in [0.4, 0.5) is 0 Å². The van der Waals surface area contributed by atoms with Crippen LogP contribution in [0.3, 0.4) is 0 Å². The zero-order valence-electron chi connectivity index (χ0n) is 19.0. The SMILES string of the molecule is CCNC(=NCc1cc(-c2ccccc2)on1)N(C)CCc1ccc(OC)c(OC)c1.I. The molecule has 0 aliphatic carbocycles. The third-order valence-corrected chi connectivity index (χ3v) is 4.89. The molecule has 172 valence electrons. The highest BCUT2D eigenvalue weighted by molar-refractivity contribution is 14.0. The fourth-order valence-electron chi connectivity index (χ4n) is 3.19. The Morgan fingerprint density at radius 1 is 1.06 bits per heavy atom. The molecule has 0 aliphatic heterocycles. The van der Waals surface area contributed by atoms with E-state index in [9.17, 15) is 0 Å². The summed E-state index contributed by atoms with van der Waals surface area (Å²) in [6.45, 7) is 4.09. The van der Waals surface area contributed by atoms with Crippen molar-refractivity contribution in [3.8, 4) is 22.8 Å². The van der Waals surface area contributed by atoms with Crippen LogP contribution in [-0.2, 0) is 13.0 Å². The normalized spacial score (nSPS) is 10.9. The van der Waals surface area contributed by atoms with Gasteiger partial charge in [0.25, 0.3) is 0 Å². The van der Waals surface area contributed by atoms with Gasteiger partial charge < -0.3 is 24.2 Å². The predicted molar refractivity (Wildman–Crippen MR) is 138 cm³/mol. The van der Waals surface area contributed by atoms with Crippen LogP contribution in [0.2, 0.25) is 0 Å². The molecule has 0 radical (unpaired) electrons. The number of guanidine groups is 1. The number of likely N-dealkylation sites (N-methyl/N-ethyl adjacent to an activating group) is 1. The molecule has 2 aromatic carbocycles. The van der Waals surface area contributed by atoms with Crippen molar-refractivity contribution in [2.75, 3.05) is 34.4 Å². The summed E-state index contributed by atoms with van der Waals surface area (Å²) in [5.41, 5.74) is 2.97. The van der Waals surface area contributed by atoms with E-state index in [0.717, 1.165) is 54.0 Å². The Labute approximate surface area is 206 Å². The largest absolute Gasteiger partial charge is 0.493 e. The summed E-state index contributed by atoms with van der Waals surface area (Å²) in [7, 11) is 5.32. The number of aromatic nitrogens is 1. The Kier molecular flexibility index (Phi) is 10.3. The van der Waals surface area contributed by atoms with Crippen molar-refractivity contribution in [2.45, 2.75) is 19.9 Å². The van der Waals surface area contributed by atoms with E-state index in [0.29, 0.717) is 6.54 Å². The average Bonchev–Trinajstić information content (AvgIpc) is 3.29. The molecule has 0 spiro atoms. The Balaban J connectivity index is 0.00000363. The van der Waals surface area contributed by atoms with E-state index in [1.807, 2.05) is 55.6 Å². The van der Waals surface area contributed by atoms with E-state index in [4.69, 9.17) is 19.0 Å². The summed E-state index contributed by atoms with van der Waals surface area (Å²) in [5, 5.41) is 7.50. The highest BCUT2D eigenvalue weighted by Gasteiger charge is 2.10. The summed E-state index contributed by atoms with van der Waals surface area (Å²) >= 11 is 0. The Morgan fingerprint density at radius 2 is 1.81 bits per heavy atom. The smallest absolute Gasteiger partial charge is 0.194 e. The van der Waals surface area contributed by atoms with E-state index in [1.165, 1.54) is 5.56 Å². The number of aliphatic imine (C=N–C) groups is 1. The number of ether oxygens (including phenoxy) is 2. The molecule has 0 saturated carbocycles. The van der Waals surface area contributed by atoms with Crippen molar-refractivity contribution >= 4 is 29.9 Å². The van der Waals surface area contributed by atoms with E-state index < -0.39 is 0 Å². The van der Waals surface area contributed by atoms with Gasteiger partial charge in [0.15, 0.2) is 23.2 Å². The zero-order chi connectivity index (χ0) is 22.1. The Hall–Kier alpha value is -2.75. The van der Waals surface area contributed by atoms with Gasteiger partial charge in [0.2, 0.25) is 0 Å². The number of hydrogen-bond donors (Lipinski definition) is 1. The number of methoxy groups -OCH3 is 2. The van der Waals surface area contributed by atoms with E-state index >= 15 is 0 Å². The Morgan fingerprint density at radius 3 is 2.50 bits per heavy atom. The second-order valence-corrected chi connectivity index (χ2v) is 7.08. The molecule has 1 aromatic heterocycles. The molecule has 8 heteroatoms. The molecule has 0 amide bonds. The first-order valence-corrected chi connectivity index (χ1v) is 10.4. The molecular formula is C24H31IN4O3. The lowest BCUT2D eigenvalue weighted by Crippen LogP contribution is -2.39. The molecular weight excluding hydrogens is 519 g/mol. The van der Waals surface area contributed by atoms with Crippen LogP contribution in [-0.4, -0.2) is 50.4 Å². The van der Waals surface area contributed by atoms with Gasteiger partial charge in [-0.15, -0.1) is 24.0 Å². The maximum Gasteiger partial charge on any atom is 0.194 e. The van der Waals surface area contributed by atoms with Gasteiger partial charge in [-0.3, -0.25) is 0 Å². The minimum absolute atomic E-state index is 0. The monoisotopic (exact) mass is 550 g/mol. The van der Waals surface area contributed by atoms with Gasteiger partial charge in [-0.2, -0.15) is 0 Å². The molecule has 0 fully saturated rings. The molecule has 1 heterocycles. The average molecular weight is 550 g/mol. The number of nitrogens with zero attached hydrogens (tertiary/aromatic N) is 3. The topological polar surface area (TPSA) is 72.1 Å². The predicted octanol–water partition coefficient (Wildman–Crippen LogP) is 4.62. The van der Waals surface area contributed by atoms with Gasteiger partial charge >= 0.3 is 0 Å². The Bertz CT molecular complexity index is 992. The first-order chi connectivity index (χ1) is 15.1. The van der Waals surface area contributed by atoms with Crippen LogP contribution >= 0.6 is 24.0 Å². The van der Waals surface area contributed by atoms with Crippen LogP contribution in [0.25, 0.3) is 11.3 Å². The fourth-order valence-corrected chi connectivity index (χ4v) is 3.19. The summed E-state index contributed by atoms with van der Waals surface area (Å²) in [5.74, 6) is 3.05. The first-order valence-electron chi connectivity index (χ1n) is 10.4. The lowest BCUT2D eigenvalue weighted by atomic mass is 10.1. The van der Waals surface area contributed by atoms with Crippen LogP contribution in [0.1, 0.15) is 18.2 Å². The standard InChI is InChI=1S/C24H30N4O3.HI/c1-5-25-24(26-17-20-16-22(31-27-20)19-9-7-6-8-10-19)28(2)14-13-18-11-12-21(29-3)23(15-18)30-4;/h6-12,15-16H,5,13-14,17H2,1-4H3,(H,25,26);1H. The molecule has 0 saturated heterocycles. The van der Waals surface area contributed by atoms with E-state index in [2.05, 4.69) is 28.4 Å². The van der Waals surface area contributed by atoms with Crippen molar-refractivity contribution in [2.24, 2.45) is 4.99 Å². The van der Waals surface area contributed by atoms with Crippen molar-refractivity contribution in [3.63, 3.8) is 0 Å². The van der Waals surface area contributed by atoms with Gasteiger partial charge in [-0.1, -0.05) is 41.6 Å². The summed E-state index contributed by atoms with van der Waals surface area (Å²) in [6, 6.07) is 17.9. The van der Waals surface area contributed by atoms with Crippen molar-refractivity contribution in [3.05, 3.63) is 65.9 Å². The van der Waals surface area contributed by atoms with Crippen LogP contribution in [0.15, 0.2) is 64.1 Å². The molecule has 32 heavy (non-hydrogen) atoms. The second kappa shape index (κ2) is 12.9. The molecule has 3 aromatic rings. The molecule has 7 nitrogen and oxygen atoms in total. The van der Waals surface area contributed by atoms with E-state index in [-0.39, 0.29) is 24.0 Å². The van der Waals surface area contributed by atoms with Crippen LogP contribution in [0, 0.1) is 0 Å².